The van der Waals surface area contributed by atoms with Gasteiger partial charge >= 0.3 is 0 Å². The molecule has 0 aromatic heterocycles. The maximum Gasteiger partial charge on any atom is 0.0666 e. The fraction of sp³-hybridized carbons (Fsp3) is 0.667. The lowest BCUT2D eigenvalue weighted by Crippen LogP contribution is -2.57. The molecule has 1 aromatic rings. The van der Waals surface area contributed by atoms with E-state index in [1.807, 2.05) is 0 Å². The molecule has 1 aliphatic heterocycles. The van der Waals surface area contributed by atoms with Crippen molar-refractivity contribution < 1.29 is 5.11 Å². The van der Waals surface area contributed by atoms with Crippen molar-refractivity contribution in [1.82, 2.24) is 9.80 Å². The first-order chi connectivity index (χ1) is 10.6. The number of halogens is 1. The second-order valence-electron chi connectivity index (χ2n) is 6.90. The zero-order valence-electron chi connectivity index (χ0n) is 13.5. The molecule has 2 aliphatic rings. The molecule has 1 heterocycles. The fourth-order valence-corrected chi connectivity index (χ4v) is 4.30. The third-order valence-electron chi connectivity index (χ3n) is 5.63. The van der Waals surface area contributed by atoms with Crippen LogP contribution in [0.1, 0.15) is 38.2 Å². The van der Waals surface area contributed by atoms with Gasteiger partial charge in [0.05, 0.1) is 12.1 Å². The van der Waals surface area contributed by atoms with Crippen molar-refractivity contribution in [2.75, 3.05) is 32.8 Å². The number of piperazine rings is 1. The Hall–Kier alpha value is -0.420. The highest BCUT2D eigenvalue weighted by atomic mass is 79.9. The van der Waals surface area contributed by atoms with Crippen LogP contribution in [0.2, 0.25) is 0 Å². The highest BCUT2D eigenvalue weighted by molar-refractivity contribution is 9.10. The summed E-state index contributed by atoms with van der Waals surface area (Å²) in [7, 11) is 0. The molecule has 4 heteroatoms. The van der Waals surface area contributed by atoms with Gasteiger partial charge in [0.15, 0.2) is 0 Å². The van der Waals surface area contributed by atoms with Crippen molar-refractivity contribution in [2.24, 2.45) is 0 Å². The number of nitrogens with zero attached hydrogens (tertiary/aromatic N) is 2. The smallest absolute Gasteiger partial charge is 0.0666 e. The normalized spacial score (nSPS) is 24.5. The molecule has 3 nitrogen and oxygen atoms in total. The monoisotopic (exact) mass is 366 g/mol. The van der Waals surface area contributed by atoms with Crippen molar-refractivity contribution in [3.05, 3.63) is 34.3 Å². The molecule has 1 saturated carbocycles. The second kappa shape index (κ2) is 7.00. The van der Waals surface area contributed by atoms with E-state index in [9.17, 15) is 5.11 Å². The summed E-state index contributed by atoms with van der Waals surface area (Å²) in [4.78, 5) is 5.13. The van der Waals surface area contributed by atoms with Gasteiger partial charge in [0.1, 0.15) is 0 Å². The highest BCUT2D eigenvalue weighted by Crippen LogP contribution is 2.31. The van der Waals surface area contributed by atoms with Crippen molar-refractivity contribution in [3.63, 3.8) is 0 Å². The minimum atomic E-state index is -0.275. The minimum Gasteiger partial charge on any atom is -0.394 e. The van der Waals surface area contributed by atoms with E-state index in [0.717, 1.165) is 36.7 Å². The molecule has 1 N–H and O–H groups in total. The van der Waals surface area contributed by atoms with Gasteiger partial charge in [-0.2, -0.15) is 0 Å². The summed E-state index contributed by atoms with van der Waals surface area (Å²) >= 11 is 3.49. The number of aliphatic hydroxyl groups excluding tert-OH is 1. The molecule has 0 radical (unpaired) electrons. The Morgan fingerprint density at radius 3 is 2.23 bits per heavy atom. The predicted octanol–water partition coefficient (Wildman–Crippen LogP) is 3.22. The van der Waals surface area contributed by atoms with Crippen LogP contribution in [0, 0.1) is 0 Å². The van der Waals surface area contributed by atoms with Crippen LogP contribution < -0.4 is 0 Å². The summed E-state index contributed by atoms with van der Waals surface area (Å²) in [5.74, 6) is 0. The number of hydrogen-bond acceptors (Lipinski definition) is 3. The van der Waals surface area contributed by atoms with Crippen molar-refractivity contribution in [3.8, 4) is 0 Å². The Morgan fingerprint density at radius 2 is 1.68 bits per heavy atom. The van der Waals surface area contributed by atoms with Crippen LogP contribution in [0.25, 0.3) is 0 Å². The zero-order valence-corrected chi connectivity index (χ0v) is 15.1. The van der Waals surface area contributed by atoms with E-state index in [-0.39, 0.29) is 12.1 Å². The van der Waals surface area contributed by atoms with E-state index >= 15 is 0 Å². The Labute approximate surface area is 142 Å². The van der Waals surface area contributed by atoms with Crippen molar-refractivity contribution in [1.29, 1.82) is 0 Å². The summed E-state index contributed by atoms with van der Waals surface area (Å²) in [6.45, 7) is 6.69. The third kappa shape index (κ3) is 3.25. The van der Waals surface area contributed by atoms with E-state index < -0.39 is 0 Å². The van der Waals surface area contributed by atoms with Crippen LogP contribution in [0.15, 0.2) is 28.7 Å². The van der Waals surface area contributed by atoms with E-state index in [1.165, 1.54) is 31.2 Å². The van der Waals surface area contributed by atoms with Gasteiger partial charge in [-0.15, -0.1) is 0 Å². The van der Waals surface area contributed by atoms with Crippen LogP contribution in [0.4, 0.5) is 0 Å². The van der Waals surface area contributed by atoms with Gasteiger partial charge in [0.2, 0.25) is 0 Å². The molecule has 122 valence electrons. The van der Waals surface area contributed by atoms with Gasteiger partial charge in [0.25, 0.3) is 0 Å². The molecule has 1 aromatic carbocycles. The first-order valence-electron chi connectivity index (χ1n) is 8.49. The Kier molecular flexibility index (Phi) is 5.23. The molecule has 2 fully saturated rings. The van der Waals surface area contributed by atoms with Crippen LogP contribution in [0.5, 0.6) is 0 Å². The van der Waals surface area contributed by atoms with Crippen LogP contribution in [0.3, 0.4) is 0 Å². The lowest BCUT2D eigenvalue weighted by atomic mass is 9.90. The van der Waals surface area contributed by atoms with Gasteiger partial charge < -0.3 is 5.11 Å². The van der Waals surface area contributed by atoms with Gasteiger partial charge in [-0.1, -0.05) is 40.9 Å². The van der Waals surface area contributed by atoms with Crippen LogP contribution in [-0.4, -0.2) is 53.7 Å². The standard InChI is InChI=1S/C18H27BrN2O/c1-18(14-22,15-6-8-16(19)9-7-15)21-12-10-20(11-13-21)17-4-2-3-5-17/h6-9,17,22H,2-5,10-14H2,1H3. The van der Waals surface area contributed by atoms with Gasteiger partial charge in [-0.25, -0.2) is 0 Å². The SMILES string of the molecule is CC(CO)(c1ccc(Br)cc1)N1CCN(C2CCCC2)CC1. The lowest BCUT2D eigenvalue weighted by Gasteiger charge is -2.46. The molecule has 0 spiro atoms. The van der Waals surface area contributed by atoms with Gasteiger partial charge in [-0.05, 0) is 37.5 Å². The summed E-state index contributed by atoms with van der Waals surface area (Å²) < 4.78 is 1.09. The molecule has 1 unspecified atom stereocenters. The largest absolute Gasteiger partial charge is 0.394 e. The first kappa shape index (κ1) is 16.4. The minimum absolute atomic E-state index is 0.165. The van der Waals surface area contributed by atoms with E-state index in [1.54, 1.807) is 0 Å². The maximum atomic E-state index is 10.1. The summed E-state index contributed by atoms with van der Waals surface area (Å²) in [5, 5.41) is 10.1. The molecule has 1 saturated heterocycles. The average molecular weight is 367 g/mol. The Morgan fingerprint density at radius 1 is 1.09 bits per heavy atom. The maximum absolute atomic E-state index is 10.1. The Bertz CT molecular complexity index is 478. The van der Waals surface area contributed by atoms with E-state index in [4.69, 9.17) is 0 Å². The third-order valence-corrected chi connectivity index (χ3v) is 6.16. The second-order valence-corrected chi connectivity index (χ2v) is 7.82. The molecule has 22 heavy (non-hydrogen) atoms. The molecule has 0 amide bonds. The van der Waals surface area contributed by atoms with E-state index in [0.29, 0.717) is 0 Å². The highest BCUT2D eigenvalue weighted by Gasteiger charge is 2.36. The van der Waals surface area contributed by atoms with Crippen molar-refractivity contribution in [2.45, 2.75) is 44.2 Å². The molecular formula is C18H27BrN2O. The lowest BCUT2D eigenvalue weighted by molar-refractivity contribution is -0.00676. The van der Waals surface area contributed by atoms with Gasteiger partial charge in [-0.3, -0.25) is 9.80 Å². The topological polar surface area (TPSA) is 26.7 Å². The van der Waals surface area contributed by atoms with Crippen LogP contribution in [-0.2, 0) is 5.54 Å². The number of rotatable bonds is 4. The number of hydrogen-bond donors (Lipinski definition) is 1. The zero-order chi connectivity index (χ0) is 15.6. The summed E-state index contributed by atoms with van der Waals surface area (Å²) in [6, 6.07) is 9.21. The van der Waals surface area contributed by atoms with Crippen LogP contribution >= 0.6 is 15.9 Å². The molecular weight excluding hydrogens is 340 g/mol. The molecule has 1 aliphatic carbocycles. The summed E-state index contributed by atoms with van der Waals surface area (Å²) in [6.07, 6.45) is 5.56. The van der Waals surface area contributed by atoms with Gasteiger partial charge in [0, 0.05) is 36.7 Å². The predicted molar refractivity (Wildman–Crippen MR) is 94.0 cm³/mol. The first-order valence-corrected chi connectivity index (χ1v) is 9.29. The average Bonchev–Trinajstić information content (AvgIpc) is 3.09. The van der Waals surface area contributed by atoms with Crippen molar-refractivity contribution >= 4 is 15.9 Å². The Balaban J connectivity index is 1.68. The summed E-state index contributed by atoms with van der Waals surface area (Å²) in [5.41, 5.74) is 0.926. The quantitative estimate of drug-likeness (QED) is 0.885. The number of benzene rings is 1. The molecule has 0 bridgehead atoms. The van der Waals surface area contributed by atoms with E-state index in [2.05, 4.69) is 56.9 Å². The number of aliphatic hydroxyl groups is 1. The molecule has 3 rings (SSSR count). The fourth-order valence-electron chi connectivity index (χ4n) is 4.03. The molecule has 1 atom stereocenters.